The molecule has 31 heavy (non-hydrogen) atoms. The second kappa shape index (κ2) is 13.1. The van der Waals surface area contributed by atoms with Crippen LogP contribution in [0.5, 0.6) is 5.75 Å². The molecular weight excluding hydrogens is 384 g/mol. The summed E-state index contributed by atoms with van der Waals surface area (Å²) in [7, 11) is 0. The number of nitrogens with one attached hydrogen (secondary N) is 1. The lowest BCUT2D eigenvalue weighted by Crippen LogP contribution is -2.03. The Kier molecular flexibility index (Phi) is 10.8. The fourth-order valence-electron chi connectivity index (χ4n) is 3.09. The smallest absolute Gasteiger partial charge is 0.163 e. The van der Waals surface area contributed by atoms with Crippen molar-refractivity contribution in [3.63, 3.8) is 0 Å². The van der Waals surface area contributed by atoms with Crippen LogP contribution in [0.1, 0.15) is 68.1 Å². The summed E-state index contributed by atoms with van der Waals surface area (Å²) in [6, 6.07) is 14.0. The molecule has 0 aromatic heterocycles. The van der Waals surface area contributed by atoms with Crippen LogP contribution in [0.25, 0.3) is 0 Å². The summed E-state index contributed by atoms with van der Waals surface area (Å²) in [5, 5.41) is 22.6. The summed E-state index contributed by atoms with van der Waals surface area (Å²) < 4.78 is 0. The maximum Gasteiger partial charge on any atom is 0.163 e. The van der Waals surface area contributed by atoms with Gasteiger partial charge in [-0.3, -0.25) is 4.79 Å². The molecule has 0 heterocycles. The molecule has 0 amide bonds. The molecule has 2 aromatic rings. The largest absolute Gasteiger partial charge is 0.507 e. The molecule has 0 aliphatic heterocycles. The second-order valence-corrected chi connectivity index (χ2v) is 7.05. The Morgan fingerprint density at radius 1 is 1.13 bits per heavy atom. The van der Waals surface area contributed by atoms with Gasteiger partial charge in [-0.15, -0.1) is 0 Å². The van der Waals surface area contributed by atoms with Crippen LogP contribution in [-0.2, 0) is 13.0 Å². The Morgan fingerprint density at radius 2 is 1.74 bits per heavy atom. The van der Waals surface area contributed by atoms with E-state index in [1.165, 1.54) is 18.1 Å². The lowest BCUT2D eigenvalue weighted by molar-refractivity contribution is 0.101. The van der Waals surface area contributed by atoms with Crippen LogP contribution in [0.2, 0.25) is 0 Å². The predicted molar refractivity (Wildman–Crippen MR) is 129 cm³/mol. The number of Topliss-reactive ketones (excluding diaryl/α,β-unsaturated/α-hetero) is 1. The van der Waals surface area contributed by atoms with E-state index >= 15 is 0 Å². The zero-order valence-corrected chi connectivity index (χ0v) is 19.5. The Labute approximate surface area is 186 Å². The van der Waals surface area contributed by atoms with Gasteiger partial charge in [0.1, 0.15) is 5.75 Å². The van der Waals surface area contributed by atoms with E-state index in [0.717, 1.165) is 24.1 Å². The number of carbonyl (C=O) groups is 1. The van der Waals surface area contributed by atoms with Crippen molar-refractivity contribution in [1.29, 1.82) is 5.26 Å². The van der Waals surface area contributed by atoms with Crippen LogP contribution in [-0.4, -0.2) is 10.9 Å². The number of nitrogens with zero attached hydrogens (tertiary/aromatic N) is 1. The van der Waals surface area contributed by atoms with Crippen molar-refractivity contribution in [1.82, 2.24) is 0 Å². The number of phenols is 1. The van der Waals surface area contributed by atoms with Crippen LogP contribution in [0, 0.1) is 18.3 Å². The maximum absolute atomic E-state index is 11.5. The van der Waals surface area contributed by atoms with E-state index in [2.05, 4.69) is 42.6 Å². The van der Waals surface area contributed by atoms with Gasteiger partial charge in [0.05, 0.1) is 11.6 Å². The molecule has 164 valence electrons. The van der Waals surface area contributed by atoms with Crippen LogP contribution in [0.4, 0.5) is 5.69 Å². The number of phenolic OH excluding ortho intramolecular Hbond substituents is 1. The zero-order chi connectivity index (χ0) is 23.4. The lowest BCUT2D eigenvalue weighted by atomic mass is 9.99. The number of nitriles is 1. The third-order valence-corrected chi connectivity index (χ3v) is 5.00. The highest BCUT2D eigenvalue weighted by Crippen LogP contribution is 2.29. The summed E-state index contributed by atoms with van der Waals surface area (Å²) in [6.45, 7) is 11.8. The molecular formula is C27H34N2O2. The summed E-state index contributed by atoms with van der Waals surface area (Å²) in [5.41, 5.74) is 6.06. The number of benzene rings is 2. The lowest BCUT2D eigenvalue weighted by Gasteiger charge is -2.13. The van der Waals surface area contributed by atoms with Gasteiger partial charge in [0.25, 0.3) is 0 Å². The molecule has 0 aliphatic carbocycles. The summed E-state index contributed by atoms with van der Waals surface area (Å²) in [4.78, 5) is 11.5. The van der Waals surface area contributed by atoms with Gasteiger partial charge in [-0.05, 0) is 62.9 Å². The first-order chi connectivity index (χ1) is 14.9. The molecule has 0 saturated carbocycles. The highest BCUT2D eigenvalue weighted by Gasteiger charge is 2.12. The molecule has 2 aromatic carbocycles. The van der Waals surface area contributed by atoms with Gasteiger partial charge in [0, 0.05) is 23.4 Å². The summed E-state index contributed by atoms with van der Waals surface area (Å²) >= 11 is 0. The van der Waals surface area contributed by atoms with Gasteiger partial charge in [0.15, 0.2) is 5.78 Å². The molecule has 0 unspecified atom stereocenters. The molecule has 0 spiro atoms. The van der Waals surface area contributed by atoms with E-state index < -0.39 is 0 Å². The zero-order valence-electron chi connectivity index (χ0n) is 19.5. The van der Waals surface area contributed by atoms with Crippen LogP contribution >= 0.6 is 0 Å². The van der Waals surface area contributed by atoms with Crippen molar-refractivity contribution >= 4 is 11.5 Å². The van der Waals surface area contributed by atoms with E-state index in [1.54, 1.807) is 13.0 Å². The Bertz CT molecular complexity index is 978. The Hall–Kier alpha value is -3.32. The molecule has 2 N–H and O–H groups in total. The summed E-state index contributed by atoms with van der Waals surface area (Å²) in [6.07, 6.45) is 5.52. The van der Waals surface area contributed by atoms with Gasteiger partial charge < -0.3 is 10.4 Å². The minimum absolute atomic E-state index is 0.0367. The van der Waals surface area contributed by atoms with E-state index in [9.17, 15) is 9.90 Å². The normalized spacial score (nSPS) is 11.3. The molecule has 0 saturated heterocycles. The van der Waals surface area contributed by atoms with E-state index in [-0.39, 0.29) is 11.5 Å². The molecule has 0 bridgehead atoms. The second-order valence-electron chi connectivity index (χ2n) is 7.05. The Balaban J connectivity index is 0.00000233. The van der Waals surface area contributed by atoms with Crippen LogP contribution < -0.4 is 5.32 Å². The van der Waals surface area contributed by atoms with Crippen molar-refractivity contribution in [2.45, 2.75) is 60.9 Å². The van der Waals surface area contributed by atoms with Crippen LogP contribution in [0.3, 0.4) is 0 Å². The number of carbonyl (C=O) groups excluding carboxylic acids is 1. The van der Waals surface area contributed by atoms with Crippen molar-refractivity contribution in [3.05, 3.63) is 82.0 Å². The number of rotatable bonds is 8. The monoisotopic (exact) mass is 418 g/mol. The Morgan fingerprint density at radius 3 is 2.26 bits per heavy atom. The number of anilines is 1. The highest BCUT2D eigenvalue weighted by molar-refractivity contribution is 5.97. The van der Waals surface area contributed by atoms with E-state index in [0.29, 0.717) is 23.2 Å². The molecule has 0 radical (unpaired) electrons. The number of ketones is 1. The predicted octanol–water partition coefficient (Wildman–Crippen LogP) is 6.89. The van der Waals surface area contributed by atoms with E-state index in [1.807, 2.05) is 39.0 Å². The van der Waals surface area contributed by atoms with Crippen molar-refractivity contribution < 1.29 is 9.90 Å². The van der Waals surface area contributed by atoms with Crippen LogP contribution in [0.15, 0.2) is 59.7 Å². The number of hydrogen-bond acceptors (Lipinski definition) is 4. The van der Waals surface area contributed by atoms with Gasteiger partial charge in [0.2, 0.25) is 0 Å². The molecule has 4 nitrogen and oxygen atoms in total. The minimum Gasteiger partial charge on any atom is -0.507 e. The van der Waals surface area contributed by atoms with Crippen molar-refractivity contribution in [3.8, 4) is 11.8 Å². The quantitative estimate of drug-likeness (QED) is 0.278. The van der Waals surface area contributed by atoms with Gasteiger partial charge in [-0.25, -0.2) is 0 Å². The maximum atomic E-state index is 11.5. The molecule has 0 atom stereocenters. The summed E-state index contributed by atoms with van der Waals surface area (Å²) in [5.74, 6) is -0.112. The first kappa shape index (κ1) is 25.7. The number of aromatic hydroxyl groups is 1. The standard InChI is InChI=1S/C25H28N2O2.C2H6/c1-5-19(13-20(6-2)15-26)14-21-7-9-22(10-8-21)16-27-24-12-11-23(18(4)28)25(29)17(24)3;1-2/h6-13,27,29H,5,14,16H2,1-4H3;1-2H3/b19-13+,20-6+;. The van der Waals surface area contributed by atoms with Gasteiger partial charge >= 0.3 is 0 Å². The molecule has 0 aliphatic rings. The van der Waals surface area contributed by atoms with Gasteiger partial charge in [-0.1, -0.05) is 56.7 Å². The van der Waals surface area contributed by atoms with Crippen molar-refractivity contribution in [2.24, 2.45) is 0 Å². The average Bonchev–Trinajstić information content (AvgIpc) is 2.79. The first-order valence-electron chi connectivity index (χ1n) is 10.8. The fourth-order valence-corrected chi connectivity index (χ4v) is 3.09. The van der Waals surface area contributed by atoms with E-state index in [4.69, 9.17) is 5.26 Å². The average molecular weight is 419 g/mol. The third kappa shape index (κ3) is 7.46. The SMILES string of the molecule is C/C=C(C#N)\C=C(/CC)Cc1ccc(CNc2ccc(C(C)=O)c(O)c2C)cc1.CC. The molecule has 4 heteroatoms. The highest BCUT2D eigenvalue weighted by atomic mass is 16.3. The number of hydrogen-bond donors (Lipinski definition) is 2. The minimum atomic E-state index is -0.149. The topological polar surface area (TPSA) is 73.1 Å². The van der Waals surface area contributed by atoms with Crippen molar-refractivity contribution in [2.75, 3.05) is 5.32 Å². The fraction of sp³-hybridized carbons (Fsp3) is 0.333. The third-order valence-electron chi connectivity index (χ3n) is 5.00. The number of allylic oxidation sites excluding steroid dienone is 4. The molecule has 2 rings (SSSR count). The molecule has 0 fully saturated rings. The van der Waals surface area contributed by atoms with Gasteiger partial charge in [-0.2, -0.15) is 5.26 Å². The first-order valence-corrected chi connectivity index (χ1v) is 10.8.